The van der Waals surface area contributed by atoms with E-state index in [2.05, 4.69) is 19.1 Å². The van der Waals surface area contributed by atoms with Crippen LogP contribution >= 0.6 is 11.6 Å². The third-order valence-electron chi connectivity index (χ3n) is 4.07. The molecule has 1 aromatic carbocycles. The summed E-state index contributed by atoms with van der Waals surface area (Å²) < 4.78 is 0. The molecule has 130 valence electrons. The second-order valence-electron chi connectivity index (χ2n) is 6.21. The maximum absolute atomic E-state index is 9.57. The van der Waals surface area contributed by atoms with Gasteiger partial charge < -0.3 is 10.2 Å². The van der Waals surface area contributed by atoms with Crippen LogP contribution in [0.1, 0.15) is 76.7 Å². The quantitative estimate of drug-likeness (QED) is 0.326. The summed E-state index contributed by atoms with van der Waals surface area (Å²) in [5.41, 5.74) is 0.830. The van der Waals surface area contributed by atoms with E-state index in [1.165, 1.54) is 57.4 Å². The van der Waals surface area contributed by atoms with Crippen LogP contribution < -0.4 is 0 Å². The fourth-order valence-electron chi connectivity index (χ4n) is 2.69. The highest BCUT2D eigenvalue weighted by Gasteiger charge is 2.07. The number of halogens is 1. The topological polar surface area (TPSA) is 40.5 Å². The van der Waals surface area contributed by atoms with Crippen molar-refractivity contribution >= 4 is 11.6 Å². The minimum Gasteiger partial charge on any atom is -0.508 e. The number of aryl methyl sites for hydroxylation is 1. The molecule has 1 aromatic rings. The van der Waals surface area contributed by atoms with Gasteiger partial charge in [-0.25, -0.2) is 0 Å². The highest BCUT2D eigenvalue weighted by atomic mass is 35.5. The Labute approximate surface area is 146 Å². The summed E-state index contributed by atoms with van der Waals surface area (Å²) in [5.74, 6) is 0.0386. The molecule has 0 aliphatic rings. The first-order valence-corrected chi connectivity index (χ1v) is 9.38. The molecule has 2 nitrogen and oxygen atoms in total. The van der Waals surface area contributed by atoms with E-state index in [1.807, 2.05) is 0 Å². The van der Waals surface area contributed by atoms with E-state index in [0.29, 0.717) is 5.02 Å². The molecular formula is C20H31ClO2. The SMILES string of the molecule is CCCCCC/C=C\CCCCCCc1cc(O)cc(O)c1Cl. The van der Waals surface area contributed by atoms with E-state index in [9.17, 15) is 10.2 Å². The van der Waals surface area contributed by atoms with Crippen molar-refractivity contribution in [2.75, 3.05) is 0 Å². The molecule has 0 bridgehead atoms. The van der Waals surface area contributed by atoms with Crippen molar-refractivity contribution in [1.29, 1.82) is 0 Å². The summed E-state index contributed by atoms with van der Waals surface area (Å²) in [6, 6.07) is 2.92. The van der Waals surface area contributed by atoms with E-state index in [4.69, 9.17) is 11.6 Å². The highest BCUT2D eigenvalue weighted by Crippen LogP contribution is 2.32. The smallest absolute Gasteiger partial charge is 0.138 e. The predicted octanol–water partition coefficient (Wildman–Crippen LogP) is 6.77. The second-order valence-corrected chi connectivity index (χ2v) is 6.59. The van der Waals surface area contributed by atoms with Crippen LogP contribution in [0, 0.1) is 0 Å². The van der Waals surface area contributed by atoms with Gasteiger partial charge in [0.2, 0.25) is 0 Å². The van der Waals surface area contributed by atoms with Gasteiger partial charge >= 0.3 is 0 Å². The molecule has 3 heteroatoms. The Morgan fingerprint density at radius 3 is 2.13 bits per heavy atom. The number of rotatable bonds is 12. The molecule has 0 saturated carbocycles. The van der Waals surface area contributed by atoms with Gasteiger partial charge in [-0.3, -0.25) is 0 Å². The number of allylic oxidation sites excluding steroid dienone is 2. The predicted molar refractivity (Wildman–Crippen MR) is 99.5 cm³/mol. The van der Waals surface area contributed by atoms with Crippen LogP contribution in [0.5, 0.6) is 11.5 Å². The first-order chi connectivity index (χ1) is 11.1. The Morgan fingerprint density at radius 1 is 0.870 bits per heavy atom. The van der Waals surface area contributed by atoms with E-state index in [-0.39, 0.29) is 11.5 Å². The number of benzene rings is 1. The number of phenolic OH excluding ortho intramolecular Hbond substituents is 2. The number of phenols is 2. The molecular weight excluding hydrogens is 308 g/mol. The molecule has 0 saturated heterocycles. The lowest BCUT2D eigenvalue weighted by Crippen LogP contribution is -1.88. The molecule has 0 atom stereocenters. The molecule has 0 heterocycles. The second kappa shape index (κ2) is 12.3. The van der Waals surface area contributed by atoms with Crippen LogP contribution in [0.3, 0.4) is 0 Å². The number of unbranched alkanes of at least 4 members (excludes halogenated alkanes) is 8. The zero-order valence-corrected chi connectivity index (χ0v) is 15.1. The molecule has 0 aromatic heterocycles. The Bertz CT molecular complexity index is 469. The van der Waals surface area contributed by atoms with Crippen LogP contribution in [0.4, 0.5) is 0 Å². The van der Waals surface area contributed by atoms with E-state index in [1.54, 1.807) is 6.07 Å². The summed E-state index contributed by atoms with van der Waals surface area (Å²) in [6.07, 6.45) is 17.8. The minimum absolute atomic E-state index is 0.0364. The lowest BCUT2D eigenvalue weighted by Gasteiger charge is -2.07. The molecule has 23 heavy (non-hydrogen) atoms. The monoisotopic (exact) mass is 338 g/mol. The molecule has 0 aliphatic carbocycles. The zero-order valence-electron chi connectivity index (χ0n) is 14.4. The van der Waals surface area contributed by atoms with Crippen molar-refractivity contribution in [1.82, 2.24) is 0 Å². The molecule has 0 spiro atoms. The summed E-state index contributed by atoms with van der Waals surface area (Å²) in [6.45, 7) is 2.24. The van der Waals surface area contributed by atoms with Crippen LogP contribution in [0.25, 0.3) is 0 Å². The van der Waals surface area contributed by atoms with Crippen molar-refractivity contribution in [3.05, 3.63) is 34.9 Å². The van der Waals surface area contributed by atoms with Crippen molar-refractivity contribution in [2.24, 2.45) is 0 Å². The maximum atomic E-state index is 9.57. The lowest BCUT2D eigenvalue weighted by molar-refractivity contribution is 0.449. The number of hydrogen-bond donors (Lipinski definition) is 2. The van der Waals surface area contributed by atoms with Gasteiger partial charge in [0.15, 0.2) is 0 Å². The molecule has 0 aliphatic heterocycles. The molecule has 0 unspecified atom stereocenters. The van der Waals surface area contributed by atoms with Gasteiger partial charge in [-0.05, 0) is 50.2 Å². The summed E-state index contributed by atoms with van der Waals surface area (Å²) in [7, 11) is 0. The van der Waals surface area contributed by atoms with Crippen molar-refractivity contribution in [3.8, 4) is 11.5 Å². The standard InChI is InChI=1S/C20H31ClO2/c1-2-3-4-5-6-7-8-9-10-11-12-13-14-17-15-18(22)16-19(23)20(17)21/h7-8,15-16,22-23H,2-6,9-14H2,1H3/b8-7-. The first kappa shape index (κ1) is 19.9. The Hall–Kier alpha value is -1.15. The molecule has 0 amide bonds. The molecule has 0 radical (unpaired) electrons. The minimum atomic E-state index is -0.0364. The van der Waals surface area contributed by atoms with Crippen LogP contribution in [0.15, 0.2) is 24.3 Å². The van der Waals surface area contributed by atoms with Gasteiger partial charge in [0.25, 0.3) is 0 Å². The van der Waals surface area contributed by atoms with Crippen molar-refractivity contribution in [2.45, 2.75) is 77.6 Å². The van der Waals surface area contributed by atoms with E-state index in [0.717, 1.165) is 24.8 Å². The number of hydrogen-bond acceptors (Lipinski definition) is 2. The Balaban J connectivity index is 2.05. The lowest BCUT2D eigenvalue weighted by atomic mass is 10.0. The van der Waals surface area contributed by atoms with Crippen LogP contribution in [-0.2, 0) is 6.42 Å². The summed E-state index contributed by atoms with van der Waals surface area (Å²) in [5, 5.41) is 19.4. The average molecular weight is 339 g/mol. The molecule has 1 rings (SSSR count). The fraction of sp³-hybridized carbons (Fsp3) is 0.600. The summed E-state index contributed by atoms with van der Waals surface area (Å²) >= 11 is 6.04. The van der Waals surface area contributed by atoms with Crippen molar-refractivity contribution in [3.63, 3.8) is 0 Å². The van der Waals surface area contributed by atoms with Crippen LogP contribution in [-0.4, -0.2) is 10.2 Å². The Kier molecular flexibility index (Phi) is 10.6. The normalized spacial score (nSPS) is 11.4. The highest BCUT2D eigenvalue weighted by molar-refractivity contribution is 6.32. The Morgan fingerprint density at radius 2 is 1.48 bits per heavy atom. The maximum Gasteiger partial charge on any atom is 0.138 e. The van der Waals surface area contributed by atoms with E-state index >= 15 is 0 Å². The van der Waals surface area contributed by atoms with Gasteiger partial charge in [0.05, 0.1) is 5.02 Å². The fourth-order valence-corrected chi connectivity index (χ4v) is 2.89. The van der Waals surface area contributed by atoms with Gasteiger partial charge in [0, 0.05) is 6.07 Å². The zero-order chi connectivity index (χ0) is 16.9. The van der Waals surface area contributed by atoms with Gasteiger partial charge in [-0.15, -0.1) is 0 Å². The van der Waals surface area contributed by atoms with E-state index < -0.39 is 0 Å². The van der Waals surface area contributed by atoms with Gasteiger partial charge in [-0.2, -0.15) is 0 Å². The third-order valence-corrected chi connectivity index (χ3v) is 4.51. The summed E-state index contributed by atoms with van der Waals surface area (Å²) in [4.78, 5) is 0. The van der Waals surface area contributed by atoms with Gasteiger partial charge in [-0.1, -0.05) is 62.8 Å². The molecule has 2 N–H and O–H groups in total. The largest absolute Gasteiger partial charge is 0.508 e. The average Bonchev–Trinajstić information content (AvgIpc) is 2.52. The van der Waals surface area contributed by atoms with Gasteiger partial charge in [0.1, 0.15) is 11.5 Å². The molecule has 0 fully saturated rings. The number of aromatic hydroxyl groups is 2. The van der Waals surface area contributed by atoms with Crippen LogP contribution in [0.2, 0.25) is 5.02 Å². The van der Waals surface area contributed by atoms with Crippen molar-refractivity contribution < 1.29 is 10.2 Å². The first-order valence-electron chi connectivity index (χ1n) is 9.00. The third kappa shape index (κ3) is 8.90.